The second-order valence-corrected chi connectivity index (χ2v) is 5.23. The van der Waals surface area contributed by atoms with Crippen LogP contribution in [0.5, 0.6) is 0 Å². The Balaban J connectivity index is 1.66. The number of hydrogen-bond acceptors (Lipinski definition) is 3. The minimum atomic E-state index is -0.0562. The van der Waals surface area contributed by atoms with Gasteiger partial charge in [0.1, 0.15) is 0 Å². The fraction of sp³-hybridized carbons (Fsp3) is 0.333. The van der Waals surface area contributed by atoms with Crippen molar-refractivity contribution >= 4 is 11.7 Å². The first-order valence-electron chi connectivity index (χ1n) is 7.07. The molecule has 1 aromatic heterocycles. The monoisotopic (exact) mass is 285 g/mol. The molecule has 0 bridgehead atoms. The summed E-state index contributed by atoms with van der Waals surface area (Å²) in [5, 5.41) is 13.2. The van der Waals surface area contributed by atoms with Crippen LogP contribution in [0.4, 0.5) is 10.5 Å². The van der Waals surface area contributed by atoms with Crippen molar-refractivity contribution in [2.24, 2.45) is 0 Å². The first-order valence-corrected chi connectivity index (χ1v) is 7.07. The predicted octanol–water partition coefficient (Wildman–Crippen LogP) is 1.90. The molecular formula is C15H19N5O. The van der Waals surface area contributed by atoms with Gasteiger partial charge in [0.15, 0.2) is 0 Å². The predicted molar refractivity (Wildman–Crippen MR) is 81.1 cm³/mol. The van der Waals surface area contributed by atoms with Crippen molar-refractivity contribution < 1.29 is 4.79 Å². The lowest BCUT2D eigenvalue weighted by atomic mass is 10.1. The number of H-pyrrole nitrogens is 1. The van der Waals surface area contributed by atoms with Crippen LogP contribution in [0.1, 0.15) is 17.2 Å². The molecule has 1 aromatic carbocycles. The Morgan fingerprint density at radius 1 is 1.43 bits per heavy atom. The topological polar surface area (TPSA) is 73.1 Å². The molecule has 1 saturated heterocycles. The van der Waals surface area contributed by atoms with E-state index in [1.807, 2.05) is 42.3 Å². The Bertz CT molecular complexity index is 610. The standard InChI is InChI=1S/C15H19N5O/c1-11-4-2-3-5-13(11)19-15(21)20-7-6-16-14(10-20)12-8-17-18-9-12/h2-5,8-9,14,16H,6-7,10H2,1H3,(H,17,18)(H,19,21). The van der Waals surface area contributed by atoms with Crippen LogP contribution in [0.2, 0.25) is 0 Å². The van der Waals surface area contributed by atoms with E-state index in [1.54, 1.807) is 6.20 Å². The van der Waals surface area contributed by atoms with Crippen LogP contribution in [0, 0.1) is 6.92 Å². The molecule has 6 heteroatoms. The molecule has 1 fully saturated rings. The van der Waals surface area contributed by atoms with Gasteiger partial charge in [-0.1, -0.05) is 18.2 Å². The van der Waals surface area contributed by atoms with E-state index in [2.05, 4.69) is 20.8 Å². The van der Waals surface area contributed by atoms with E-state index >= 15 is 0 Å². The van der Waals surface area contributed by atoms with Gasteiger partial charge < -0.3 is 15.5 Å². The van der Waals surface area contributed by atoms with Crippen molar-refractivity contribution in [1.29, 1.82) is 0 Å². The fourth-order valence-corrected chi connectivity index (χ4v) is 2.52. The molecule has 1 unspecified atom stereocenters. The number of urea groups is 1. The SMILES string of the molecule is Cc1ccccc1NC(=O)N1CCNC(c2cn[nH]c2)C1. The number of amides is 2. The number of benzene rings is 1. The number of aryl methyl sites for hydroxylation is 1. The normalized spacial score (nSPS) is 18.5. The third kappa shape index (κ3) is 3.05. The number of aromatic amines is 1. The van der Waals surface area contributed by atoms with Crippen LogP contribution in [-0.4, -0.2) is 40.8 Å². The molecule has 110 valence electrons. The highest BCUT2D eigenvalue weighted by Crippen LogP contribution is 2.18. The van der Waals surface area contributed by atoms with E-state index in [0.717, 1.165) is 23.4 Å². The lowest BCUT2D eigenvalue weighted by Crippen LogP contribution is -2.49. The second kappa shape index (κ2) is 5.97. The molecule has 2 aromatic rings. The average Bonchev–Trinajstić information content (AvgIpc) is 3.04. The quantitative estimate of drug-likeness (QED) is 0.789. The van der Waals surface area contributed by atoms with E-state index in [4.69, 9.17) is 0 Å². The summed E-state index contributed by atoms with van der Waals surface area (Å²) in [6.45, 7) is 4.10. The number of piperazine rings is 1. The molecule has 0 spiro atoms. The van der Waals surface area contributed by atoms with Gasteiger partial charge in [-0.3, -0.25) is 5.10 Å². The Kier molecular flexibility index (Phi) is 3.87. The van der Waals surface area contributed by atoms with Gasteiger partial charge in [-0.15, -0.1) is 0 Å². The summed E-state index contributed by atoms with van der Waals surface area (Å²) >= 11 is 0. The highest BCUT2D eigenvalue weighted by molar-refractivity contribution is 5.90. The number of anilines is 1. The molecule has 0 aliphatic carbocycles. The zero-order valence-corrected chi connectivity index (χ0v) is 12.0. The minimum Gasteiger partial charge on any atom is -0.321 e. The molecule has 1 aliphatic rings. The van der Waals surface area contributed by atoms with Gasteiger partial charge in [0, 0.05) is 37.1 Å². The van der Waals surface area contributed by atoms with Crippen molar-refractivity contribution in [3.63, 3.8) is 0 Å². The Morgan fingerprint density at radius 2 is 2.29 bits per heavy atom. The van der Waals surface area contributed by atoms with Crippen molar-refractivity contribution in [2.75, 3.05) is 25.0 Å². The van der Waals surface area contributed by atoms with Crippen LogP contribution in [-0.2, 0) is 0 Å². The van der Waals surface area contributed by atoms with E-state index in [1.165, 1.54) is 0 Å². The molecule has 1 atom stereocenters. The molecule has 2 amide bonds. The van der Waals surface area contributed by atoms with Gasteiger partial charge in [-0.2, -0.15) is 5.10 Å². The number of carbonyl (C=O) groups is 1. The average molecular weight is 285 g/mol. The summed E-state index contributed by atoms with van der Waals surface area (Å²) in [6, 6.07) is 7.86. The van der Waals surface area contributed by atoms with E-state index in [9.17, 15) is 4.79 Å². The number of rotatable bonds is 2. The maximum absolute atomic E-state index is 12.4. The van der Waals surface area contributed by atoms with Gasteiger partial charge in [0.2, 0.25) is 0 Å². The minimum absolute atomic E-state index is 0.0562. The molecule has 1 aliphatic heterocycles. The summed E-state index contributed by atoms with van der Waals surface area (Å²) < 4.78 is 0. The maximum Gasteiger partial charge on any atom is 0.321 e. The van der Waals surface area contributed by atoms with Crippen molar-refractivity contribution in [3.8, 4) is 0 Å². The van der Waals surface area contributed by atoms with E-state index in [-0.39, 0.29) is 12.1 Å². The maximum atomic E-state index is 12.4. The van der Waals surface area contributed by atoms with Crippen molar-refractivity contribution in [2.45, 2.75) is 13.0 Å². The summed E-state index contributed by atoms with van der Waals surface area (Å²) in [7, 11) is 0. The number of nitrogens with one attached hydrogen (secondary N) is 3. The fourth-order valence-electron chi connectivity index (χ4n) is 2.52. The first kappa shape index (κ1) is 13.6. The number of aromatic nitrogens is 2. The molecule has 0 saturated carbocycles. The lowest BCUT2D eigenvalue weighted by molar-refractivity contribution is 0.190. The number of hydrogen-bond donors (Lipinski definition) is 3. The molecule has 3 N–H and O–H groups in total. The smallest absolute Gasteiger partial charge is 0.321 e. The van der Waals surface area contributed by atoms with Crippen LogP contribution < -0.4 is 10.6 Å². The van der Waals surface area contributed by atoms with Crippen LogP contribution in [0.25, 0.3) is 0 Å². The lowest BCUT2D eigenvalue weighted by Gasteiger charge is -2.33. The summed E-state index contributed by atoms with van der Waals surface area (Å²) in [5.41, 5.74) is 3.00. The zero-order chi connectivity index (χ0) is 14.7. The molecule has 6 nitrogen and oxygen atoms in total. The van der Waals surface area contributed by atoms with E-state index < -0.39 is 0 Å². The van der Waals surface area contributed by atoms with E-state index in [0.29, 0.717) is 13.1 Å². The second-order valence-electron chi connectivity index (χ2n) is 5.23. The highest BCUT2D eigenvalue weighted by atomic mass is 16.2. The molecule has 2 heterocycles. The molecule has 3 rings (SSSR count). The van der Waals surface area contributed by atoms with Crippen LogP contribution in [0.3, 0.4) is 0 Å². The number of para-hydroxylation sites is 1. The Hall–Kier alpha value is -2.34. The van der Waals surface area contributed by atoms with Crippen LogP contribution >= 0.6 is 0 Å². The Labute approximate surface area is 123 Å². The van der Waals surface area contributed by atoms with Crippen molar-refractivity contribution in [3.05, 3.63) is 47.8 Å². The highest BCUT2D eigenvalue weighted by Gasteiger charge is 2.24. The number of carbonyl (C=O) groups excluding carboxylic acids is 1. The largest absolute Gasteiger partial charge is 0.321 e. The van der Waals surface area contributed by atoms with Crippen LogP contribution in [0.15, 0.2) is 36.7 Å². The third-order valence-electron chi connectivity index (χ3n) is 3.77. The summed E-state index contributed by atoms with van der Waals surface area (Å²) in [4.78, 5) is 14.2. The third-order valence-corrected chi connectivity index (χ3v) is 3.77. The van der Waals surface area contributed by atoms with Gasteiger partial charge in [-0.25, -0.2) is 4.79 Å². The van der Waals surface area contributed by atoms with Crippen molar-refractivity contribution in [1.82, 2.24) is 20.4 Å². The van der Waals surface area contributed by atoms with Gasteiger partial charge >= 0.3 is 6.03 Å². The molecule has 0 radical (unpaired) electrons. The first-order chi connectivity index (χ1) is 10.2. The Morgan fingerprint density at radius 3 is 3.05 bits per heavy atom. The number of nitrogens with zero attached hydrogens (tertiary/aromatic N) is 2. The molecular weight excluding hydrogens is 266 g/mol. The molecule has 21 heavy (non-hydrogen) atoms. The summed E-state index contributed by atoms with van der Waals surface area (Å²) in [6.07, 6.45) is 3.65. The van der Waals surface area contributed by atoms with Gasteiger partial charge in [0.05, 0.1) is 12.2 Å². The van der Waals surface area contributed by atoms with Gasteiger partial charge in [-0.05, 0) is 18.6 Å². The zero-order valence-electron chi connectivity index (χ0n) is 12.0. The summed E-state index contributed by atoms with van der Waals surface area (Å²) in [5.74, 6) is 0. The van der Waals surface area contributed by atoms with Gasteiger partial charge in [0.25, 0.3) is 0 Å².